The highest BCUT2D eigenvalue weighted by Crippen LogP contribution is 2.12. The Bertz CT molecular complexity index is 375. The van der Waals surface area contributed by atoms with Gasteiger partial charge in [-0.3, -0.25) is 4.90 Å². The SMILES string of the molecule is CC(C)CCCOCCN1CCN(c2ccccn2)CC1. The van der Waals surface area contributed by atoms with Gasteiger partial charge in [0.05, 0.1) is 6.61 Å². The molecule has 0 N–H and O–H groups in total. The first-order valence-electron chi connectivity index (χ1n) is 8.22. The molecule has 1 fully saturated rings. The molecule has 2 rings (SSSR count). The van der Waals surface area contributed by atoms with Crippen LogP contribution in [0.4, 0.5) is 5.82 Å². The maximum atomic E-state index is 5.73. The Balaban J connectivity index is 1.55. The van der Waals surface area contributed by atoms with Crippen LogP contribution in [0.5, 0.6) is 0 Å². The van der Waals surface area contributed by atoms with Gasteiger partial charge in [-0.1, -0.05) is 19.9 Å². The summed E-state index contributed by atoms with van der Waals surface area (Å²) in [5, 5.41) is 0. The summed E-state index contributed by atoms with van der Waals surface area (Å²) in [5.41, 5.74) is 0. The van der Waals surface area contributed by atoms with Crippen molar-refractivity contribution in [2.45, 2.75) is 26.7 Å². The van der Waals surface area contributed by atoms with Gasteiger partial charge in [-0.25, -0.2) is 4.98 Å². The van der Waals surface area contributed by atoms with Crippen molar-refractivity contribution in [3.05, 3.63) is 24.4 Å². The molecule has 0 bridgehead atoms. The van der Waals surface area contributed by atoms with E-state index < -0.39 is 0 Å². The number of rotatable bonds is 8. The lowest BCUT2D eigenvalue weighted by Crippen LogP contribution is -2.47. The van der Waals surface area contributed by atoms with Crippen molar-refractivity contribution < 1.29 is 4.74 Å². The number of pyridine rings is 1. The zero-order valence-electron chi connectivity index (χ0n) is 13.5. The van der Waals surface area contributed by atoms with E-state index in [1.807, 2.05) is 12.3 Å². The van der Waals surface area contributed by atoms with E-state index in [-0.39, 0.29) is 0 Å². The molecule has 1 aromatic rings. The second kappa shape index (κ2) is 9.00. The molecule has 0 radical (unpaired) electrons. The minimum Gasteiger partial charge on any atom is -0.380 e. The van der Waals surface area contributed by atoms with Crippen LogP contribution < -0.4 is 4.90 Å². The first-order chi connectivity index (χ1) is 10.3. The summed E-state index contributed by atoms with van der Waals surface area (Å²) < 4.78 is 5.73. The normalized spacial score (nSPS) is 16.6. The van der Waals surface area contributed by atoms with Crippen molar-refractivity contribution in [3.63, 3.8) is 0 Å². The van der Waals surface area contributed by atoms with E-state index in [9.17, 15) is 0 Å². The number of piperazine rings is 1. The predicted molar refractivity (Wildman–Crippen MR) is 87.8 cm³/mol. The molecule has 1 saturated heterocycles. The summed E-state index contributed by atoms with van der Waals surface area (Å²) in [7, 11) is 0. The monoisotopic (exact) mass is 291 g/mol. The van der Waals surface area contributed by atoms with Crippen molar-refractivity contribution in [2.24, 2.45) is 5.92 Å². The van der Waals surface area contributed by atoms with Crippen LogP contribution in [0.15, 0.2) is 24.4 Å². The molecule has 0 spiro atoms. The standard InChI is InChI=1S/C17H29N3O/c1-16(2)6-5-14-21-15-13-19-9-11-20(12-10-19)17-7-3-4-8-18-17/h3-4,7-8,16H,5-6,9-15H2,1-2H3. The number of anilines is 1. The van der Waals surface area contributed by atoms with E-state index >= 15 is 0 Å². The Morgan fingerprint density at radius 3 is 2.62 bits per heavy atom. The van der Waals surface area contributed by atoms with Crippen LogP contribution in [0.25, 0.3) is 0 Å². The van der Waals surface area contributed by atoms with Gasteiger partial charge in [-0.05, 0) is 30.9 Å². The molecule has 0 aromatic carbocycles. The summed E-state index contributed by atoms with van der Waals surface area (Å²) in [6.07, 6.45) is 4.32. The molecular weight excluding hydrogens is 262 g/mol. The van der Waals surface area contributed by atoms with Gasteiger partial charge in [-0.15, -0.1) is 0 Å². The number of hydrogen-bond donors (Lipinski definition) is 0. The highest BCUT2D eigenvalue weighted by atomic mass is 16.5. The maximum Gasteiger partial charge on any atom is 0.128 e. The summed E-state index contributed by atoms with van der Waals surface area (Å²) >= 11 is 0. The molecule has 0 saturated carbocycles. The Morgan fingerprint density at radius 1 is 1.14 bits per heavy atom. The summed E-state index contributed by atoms with van der Waals surface area (Å²) in [6, 6.07) is 6.11. The Morgan fingerprint density at radius 2 is 1.95 bits per heavy atom. The highest BCUT2D eigenvalue weighted by Gasteiger charge is 2.17. The molecule has 0 amide bonds. The van der Waals surface area contributed by atoms with E-state index in [2.05, 4.69) is 40.8 Å². The minimum atomic E-state index is 0.785. The van der Waals surface area contributed by atoms with Gasteiger partial charge in [0.1, 0.15) is 5.82 Å². The molecule has 0 aliphatic carbocycles. The molecule has 2 heterocycles. The van der Waals surface area contributed by atoms with Gasteiger partial charge in [0.25, 0.3) is 0 Å². The average molecular weight is 291 g/mol. The quantitative estimate of drug-likeness (QED) is 0.689. The number of ether oxygens (including phenoxy) is 1. The fourth-order valence-electron chi connectivity index (χ4n) is 2.63. The molecule has 4 nitrogen and oxygen atoms in total. The fourth-order valence-corrected chi connectivity index (χ4v) is 2.63. The van der Waals surface area contributed by atoms with Crippen LogP contribution in [0, 0.1) is 5.92 Å². The fraction of sp³-hybridized carbons (Fsp3) is 0.706. The second-order valence-electron chi connectivity index (χ2n) is 6.17. The van der Waals surface area contributed by atoms with Crippen molar-refractivity contribution in [3.8, 4) is 0 Å². The highest BCUT2D eigenvalue weighted by molar-refractivity contribution is 5.38. The third-order valence-electron chi connectivity index (χ3n) is 3.97. The molecule has 0 unspecified atom stereocenters. The zero-order valence-corrected chi connectivity index (χ0v) is 13.5. The minimum absolute atomic E-state index is 0.785. The maximum absolute atomic E-state index is 5.73. The molecule has 1 aliphatic heterocycles. The molecule has 0 atom stereocenters. The van der Waals surface area contributed by atoms with Gasteiger partial charge in [0.15, 0.2) is 0 Å². The Hall–Kier alpha value is -1.13. The summed E-state index contributed by atoms with van der Waals surface area (Å²) in [6.45, 7) is 11.7. The van der Waals surface area contributed by atoms with Gasteiger partial charge < -0.3 is 9.64 Å². The van der Waals surface area contributed by atoms with Gasteiger partial charge >= 0.3 is 0 Å². The third kappa shape index (κ3) is 6.02. The van der Waals surface area contributed by atoms with Crippen molar-refractivity contribution in [1.82, 2.24) is 9.88 Å². The number of nitrogens with zero attached hydrogens (tertiary/aromatic N) is 3. The molecule has 118 valence electrons. The van der Waals surface area contributed by atoms with Crippen LogP contribution in [0.2, 0.25) is 0 Å². The van der Waals surface area contributed by atoms with Gasteiger partial charge in [0.2, 0.25) is 0 Å². The Labute approximate surface area is 129 Å². The lowest BCUT2D eigenvalue weighted by Gasteiger charge is -2.35. The van der Waals surface area contributed by atoms with E-state index in [1.54, 1.807) is 0 Å². The van der Waals surface area contributed by atoms with E-state index in [4.69, 9.17) is 4.74 Å². The molecular formula is C17H29N3O. The molecule has 4 heteroatoms. The topological polar surface area (TPSA) is 28.6 Å². The third-order valence-corrected chi connectivity index (χ3v) is 3.97. The summed E-state index contributed by atoms with van der Waals surface area (Å²) in [4.78, 5) is 9.27. The summed E-state index contributed by atoms with van der Waals surface area (Å²) in [5.74, 6) is 1.88. The van der Waals surface area contributed by atoms with Crippen LogP contribution in [-0.2, 0) is 4.74 Å². The largest absolute Gasteiger partial charge is 0.380 e. The first-order valence-corrected chi connectivity index (χ1v) is 8.22. The van der Waals surface area contributed by atoms with Crippen LogP contribution >= 0.6 is 0 Å². The lowest BCUT2D eigenvalue weighted by atomic mass is 10.1. The predicted octanol–water partition coefficient (Wildman–Crippen LogP) is 2.66. The molecule has 1 aromatic heterocycles. The average Bonchev–Trinajstić information content (AvgIpc) is 2.52. The van der Waals surface area contributed by atoms with Crippen molar-refractivity contribution in [2.75, 3.05) is 50.8 Å². The Kier molecular flexibility index (Phi) is 6.96. The van der Waals surface area contributed by atoms with Crippen LogP contribution in [0.3, 0.4) is 0 Å². The molecule has 21 heavy (non-hydrogen) atoms. The van der Waals surface area contributed by atoms with Gasteiger partial charge in [0, 0.05) is 45.5 Å². The van der Waals surface area contributed by atoms with E-state index in [0.29, 0.717) is 0 Å². The number of aromatic nitrogens is 1. The zero-order chi connectivity index (χ0) is 14.9. The van der Waals surface area contributed by atoms with E-state index in [0.717, 1.165) is 57.7 Å². The smallest absolute Gasteiger partial charge is 0.128 e. The van der Waals surface area contributed by atoms with E-state index in [1.165, 1.54) is 12.8 Å². The first kappa shape index (κ1) is 16.2. The van der Waals surface area contributed by atoms with Crippen molar-refractivity contribution in [1.29, 1.82) is 0 Å². The lowest BCUT2D eigenvalue weighted by molar-refractivity contribution is 0.0971. The van der Waals surface area contributed by atoms with Gasteiger partial charge in [-0.2, -0.15) is 0 Å². The van der Waals surface area contributed by atoms with Crippen LogP contribution in [-0.4, -0.2) is 55.8 Å². The molecule has 1 aliphatic rings. The van der Waals surface area contributed by atoms with Crippen molar-refractivity contribution >= 4 is 5.82 Å². The second-order valence-corrected chi connectivity index (χ2v) is 6.17. The number of hydrogen-bond acceptors (Lipinski definition) is 4. The van der Waals surface area contributed by atoms with Crippen LogP contribution in [0.1, 0.15) is 26.7 Å².